The third-order valence-electron chi connectivity index (χ3n) is 1.23. The SMILES string of the molecule is Cc1occc1C[C]=O. The molecule has 2 heteroatoms. The molecule has 0 amide bonds. The summed E-state index contributed by atoms with van der Waals surface area (Å²) in [4.78, 5) is 9.86. The molecule has 1 aromatic heterocycles. The van der Waals surface area contributed by atoms with Gasteiger partial charge in [0.25, 0.3) is 0 Å². The number of rotatable bonds is 2. The zero-order valence-electron chi connectivity index (χ0n) is 5.18. The Bertz CT molecular complexity index is 200. The highest BCUT2D eigenvalue weighted by atomic mass is 16.3. The molecule has 0 bridgehead atoms. The van der Waals surface area contributed by atoms with Crippen LogP contribution in [0.3, 0.4) is 0 Å². The van der Waals surface area contributed by atoms with E-state index in [4.69, 9.17) is 4.42 Å². The summed E-state index contributed by atoms with van der Waals surface area (Å²) in [5.74, 6) is 0.804. The number of hydrogen-bond acceptors (Lipinski definition) is 2. The summed E-state index contributed by atoms with van der Waals surface area (Å²) in [6.07, 6.45) is 3.71. The average Bonchev–Trinajstić information content (AvgIpc) is 2.18. The van der Waals surface area contributed by atoms with E-state index in [1.165, 1.54) is 0 Å². The van der Waals surface area contributed by atoms with E-state index < -0.39 is 0 Å². The molecule has 0 aliphatic heterocycles. The second-order valence-electron chi connectivity index (χ2n) is 1.82. The van der Waals surface area contributed by atoms with Crippen LogP contribution in [-0.2, 0) is 11.2 Å². The van der Waals surface area contributed by atoms with Crippen LogP contribution in [0.15, 0.2) is 16.7 Å². The first-order valence-corrected chi connectivity index (χ1v) is 2.72. The van der Waals surface area contributed by atoms with Crippen LogP contribution in [0.1, 0.15) is 11.3 Å². The molecule has 0 aliphatic rings. The molecule has 1 aromatic rings. The zero-order chi connectivity index (χ0) is 6.69. The molecule has 1 heterocycles. The van der Waals surface area contributed by atoms with Crippen LogP contribution in [0.2, 0.25) is 0 Å². The van der Waals surface area contributed by atoms with Crippen molar-refractivity contribution in [2.75, 3.05) is 0 Å². The van der Waals surface area contributed by atoms with Crippen molar-refractivity contribution >= 4 is 6.29 Å². The van der Waals surface area contributed by atoms with Gasteiger partial charge in [-0.1, -0.05) is 0 Å². The van der Waals surface area contributed by atoms with Crippen LogP contribution in [0, 0.1) is 6.92 Å². The van der Waals surface area contributed by atoms with E-state index >= 15 is 0 Å². The van der Waals surface area contributed by atoms with Gasteiger partial charge in [0.15, 0.2) is 0 Å². The van der Waals surface area contributed by atoms with Crippen LogP contribution in [0.4, 0.5) is 0 Å². The van der Waals surface area contributed by atoms with Crippen LogP contribution in [-0.4, -0.2) is 6.29 Å². The first-order valence-electron chi connectivity index (χ1n) is 2.72. The maximum Gasteiger partial charge on any atom is 0.203 e. The Kier molecular flexibility index (Phi) is 1.68. The topological polar surface area (TPSA) is 30.2 Å². The average molecular weight is 123 g/mol. The minimum atomic E-state index is 0.336. The summed E-state index contributed by atoms with van der Waals surface area (Å²) in [7, 11) is 0. The molecule has 1 rings (SSSR count). The van der Waals surface area contributed by atoms with Gasteiger partial charge >= 0.3 is 0 Å². The van der Waals surface area contributed by atoms with Crippen LogP contribution < -0.4 is 0 Å². The van der Waals surface area contributed by atoms with Gasteiger partial charge in [0.05, 0.1) is 6.26 Å². The Morgan fingerprint density at radius 1 is 1.78 bits per heavy atom. The van der Waals surface area contributed by atoms with Crippen LogP contribution in [0.5, 0.6) is 0 Å². The van der Waals surface area contributed by atoms with Gasteiger partial charge < -0.3 is 4.42 Å². The van der Waals surface area contributed by atoms with Gasteiger partial charge in [-0.3, -0.25) is 4.79 Å². The lowest BCUT2D eigenvalue weighted by Crippen LogP contribution is -1.83. The molecule has 0 aliphatic carbocycles. The molecule has 47 valence electrons. The minimum absolute atomic E-state index is 0.336. The molecule has 9 heavy (non-hydrogen) atoms. The van der Waals surface area contributed by atoms with E-state index in [-0.39, 0.29) is 0 Å². The van der Waals surface area contributed by atoms with Gasteiger partial charge in [-0.25, -0.2) is 0 Å². The lowest BCUT2D eigenvalue weighted by molar-refractivity contribution is 0.528. The summed E-state index contributed by atoms with van der Waals surface area (Å²) in [6.45, 7) is 1.83. The standard InChI is InChI=1S/C7H7O2/c1-6-7(2-4-8)3-5-9-6/h3,5H,2H2,1H3. The third-order valence-corrected chi connectivity index (χ3v) is 1.23. The number of carbonyl (C=O) groups excluding carboxylic acids is 1. The first kappa shape index (κ1) is 6.08. The molecule has 0 spiro atoms. The van der Waals surface area contributed by atoms with Gasteiger partial charge in [-0.15, -0.1) is 0 Å². The van der Waals surface area contributed by atoms with E-state index in [0.717, 1.165) is 11.3 Å². The largest absolute Gasteiger partial charge is 0.469 e. The van der Waals surface area contributed by atoms with Gasteiger partial charge in [0.1, 0.15) is 5.76 Å². The molecule has 0 aromatic carbocycles. The van der Waals surface area contributed by atoms with Crippen molar-refractivity contribution in [1.82, 2.24) is 0 Å². The molecule has 0 fully saturated rings. The lowest BCUT2D eigenvalue weighted by Gasteiger charge is -1.85. The Morgan fingerprint density at radius 3 is 3.00 bits per heavy atom. The quantitative estimate of drug-likeness (QED) is 0.592. The molecule has 0 unspecified atom stereocenters. The van der Waals surface area contributed by atoms with Crippen molar-refractivity contribution in [3.63, 3.8) is 0 Å². The van der Waals surface area contributed by atoms with Crippen molar-refractivity contribution < 1.29 is 9.21 Å². The Balaban J connectivity index is 2.80. The smallest absolute Gasteiger partial charge is 0.203 e. The Labute approximate surface area is 53.5 Å². The predicted molar refractivity (Wildman–Crippen MR) is 32.8 cm³/mol. The van der Waals surface area contributed by atoms with Gasteiger partial charge in [-0.2, -0.15) is 0 Å². The van der Waals surface area contributed by atoms with Crippen molar-refractivity contribution in [2.45, 2.75) is 13.3 Å². The van der Waals surface area contributed by atoms with Crippen molar-refractivity contribution in [1.29, 1.82) is 0 Å². The highest BCUT2D eigenvalue weighted by Gasteiger charge is 1.98. The fourth-order valence-electron chi connectivity index (χ4n) is 0.672. The maximum absolute atomic E-state index is 9.86. The second kappa shape index (κ2) is 2.49. The van der Waals surface area contributed by atoms with E-state index in [9.17, 15) is 4.79 Å². The van der Waals surface area contributed by atoms with Gasteiger partial charge in [0.2, 0.25) is 6.29 Å². The molecule has 1 radical (unpaired) electrons. The summed E-state index contributed by atoms with van der Waals surface area (Å²) in [6, 6.07) is 1.78. The molecular formula is C7H7O2. The number of furan rings is 1. The zero-order valence-corrected chi connectivity index (χ0v) is 5.18. The Hall–Kier alpha value is -1.05. The fourth-order valence-corrected chi connectivity index (χ4v) is 0.672. The normalized spacial score (nSPS) is 9.44. The fraction of sp³-hybridized carbons (Fsp3) is 0.286. The molecule has 0 saturated heterocycles. The summed E-state index contributed by atoms with van der Waals surface area (Å²) >= 11 is 0. The predicted octanol–water partition coefficient (Wildman–Crippen LogP) is 1.24. The Morgan fingerprint density at radius 2 is 2.56 bits per heavy atom. The van der Waals surface area contributed by atoms with Gasteiger partial charge in [-0.05, 0) is 13.0 Å². The van der Waals surface area contributed by atoms with E-state index in [0.29, 0.717) is 6.42 Å². The highest BCUT2D eigenvalue weighted by molar-refractivity contribution is 5.56. The molecule has 0 atom stereocenters. The molecule has 2 nitrogen and oxygen atoms in total. The highest BCUT2D eigenvalue weighted by Crippen LogP contribution is 2.07. The lowest BCUT2D eigenvalue weighted by atomic mass is 10.2. The van der Waals surface area contributed by atoms with Crippen molar-refractivity contribution in [3.8, 4) is 0 Å². The second-order valence-corrected chi connectivity index (χ2v) is 1.82. The van der Waals surface area contributed by atoms with E-state index in [1.54, 1.807) is 18.6 Å². The summed E-state index contributed by atoms with van der Waals surface area (Å²) < 4.78 is 4.94. The number of aryl methyl sites for hydroxylation is 1. The van der Waals surface area contributed by atoms with Crippen molar-refractivity contribution in [3.05, 3.63) is 23.7 Å². The minimum Gasteiger partial charge on any atom is -0.469 e. The molecular weight excluding hydrogens is 116 g/mol. The molecule has 0 N–H and O–H groups in total. The van der Waals surface area contributed by atoms with E-state index in [1.807, 2.05) is 6.92 Å². The van der Waals surface area contributed by atoms with E-state index in [2.05, 4.69) is 0 Å². The van der Waals surface area contributed by atoms with Crippen LogP contribution >= 0.6 is 0 Å². The van der Waals surface area contributed by atoms with Gasteiger partial charge in [0, 0.05) is 12.0 Å². The first-order chi connectivity index (χ1) is 4.34. The van der Waals surface area contributed by atoms with Crippen molar-refractivity contribution in [2.24, 2.45) is 0 Å². The maximum atomic E-state index is 9.86. The summed E-state index contributed by atoms with van der Waals surface area (Å²) in [5, 5.41) is 0. The number of hydrogen-bond donors (Lipinski definition) is 0. The monoisotopic (exact) mass is 123 g/mol. The molecule has 0 saturated carbocycles. The van der Waals surface area contributed by atoms with Crippen LogP contribution in [0.25, 0.3) is 0 Å². The summed E-state index contributed by atoms with van der Waals surface area (Å²) in [5.41, 5.74) is 0.921. The third kappa shape index (κ3) is 1.19.